The molecule has 1 saturated heterocycles. The second-order valence-corrected chi connectivity index (χ2v) is 11.2. The molecule has 1 fully saturated rings. The Balaban J connectivity index is 1.23. The van der Waals surface area contributed by atoms with Gasteiger partial charge in [-0.3, -0.25) is 19.4 Å². The van der Waals surface area contributed by atoms with Crippen LogP contribution in [0.2, 0.25) is 5.02 Å². The topological polar surface area (TPSA) is 50.5 Å². The van der Waals surface area contributed by atoms with Crippen LogP contribution in [-0.2, 0) is 17.9 Å². The number of carbonyl (C=O) groups excluding carboxylic acids is 1. The molecule has 3 aliphatic rings. The normalized spacial score (nSPS) is 21.8. The van der Waals surface area contributed by atoms with E-state index in [4.69, 9.17) is 11.6 Å². The lowest BCUT2D eigenvalue weighted by atomic mass is 9.83. The Morgan fingerprint density at radius 2 is 1.87 bits per heavy atom. The van der Waals surface area contributed by atoms with Gasteiger partial charge in [-0.2, -0.15) is 0 Å². The zero-order valence-corrected chi connectivity index (χ0v) is 22.1. The number of anilines is 1. The van der Waals surface area contributed by atoms with E-state index >= 15 is 0 Å². The van der Waals surface area contributed by atoms with Crippen LogP contribution in [-0.4, -0.2) is 39.7 Å². The van der Waals surface area contributed by atoms with Gasteiger partial charge in [0.2, 0.25) is 0 Å². The van der Waals surface area contributed by atoms with Crippen LogP contribution in [0.5, 0.6) is 0 Å². The van der Waals surface area contributed by atoms with Crippen molar-refractivity contribution in [2.45, 2.75) is 32.4 Å². The highest BCUT2D eigenvalue weighted by atomic mass is 35.5. The largest absolute Gasteiger partial charge is 0.347 e. The molecule has 2 aromatic heterocycles. The van der Waals surface area contributed by atoms with E-state index in [1.807, 2.05) is 51.9 Å². The van der Waals surface area contributed by atoms with Gasteiger partial charge in [-0.25, -0.2) is 0 Å². The van der Waals surface area contributed by atoms with E-state index in [2.05, 4.69) is 40.8 Å². The Morgan fingerprint density at radius 3 is 2.74 bits per heavy atom. The standard InChI is InChI=1S/C31H29ClN4O2/c1-2-34-18-21(24-6-3-4-7-28(24)34)13-26-25-11-10-23(32)14-29(25)36(31(26)38)19-33-15-20-12-22(17-33)27-8-5-9-30(37)35(27)16-20/h3-11,13-14,18,20,22H,2,12,15-17,19H2,1H3. The maximum Gasteiger partial charge on any atom is 0.260 e. The van der Waals surface area contributed by atoms with Gasteiger partial charge >= 0.3 is 0 Å². The first-order chi connectivity index (χ1) is 18.5. The summed E-state index contributed by atoms with van der Waals surface area (Å²) in [6, 6.07) is 19.7. The smallest absolute Gasteiger partial charge is 0.260 e. The van der Waals surface area contributed by atoms with Gasteiger partial charge in [-0.1, -0.05) is 41.9 Å². The zero-order valence-electron chi connectivity index (χ0n) is 21.3. The maximum absolute atomic E-state index is 14.0. The Kier molecular flexibility index (Phi) is 5.57. The van der Waals surface area contributed by atoms with Crippen LogP contribution in [0.4, 0.5) is 5.69 Å². The van der Waals surface area contributed by atoms with Crippen LogP contribution in [0.3, 0.4) is 0 Å². The lowest BCUT2D eigenvalue weighted by Crippen LogP contribution is -2.50. The Labute approximate surface area is 226 Å². The van der Waals surface area contributed by atoms with Gasteiger partial charge in [0.15, 0.2) is 0 Å². The first-order valence-electron chi connectivity index (χ1n) is 13.3. The molecule has 4 aromatic rings. The van der Waals surface area contributed by atoms with E-state index in [0.717, 1.165) is 60.5 Å². The molecule has 192 valence electrons. The maximum atomic E-state index is 14.0. The van der Waals surface area contributed by atoms with Gasteiger partial charge in [0, 0.05) is 82.7 Å². The second kappa shape index (κ2) is 9.00. The molecular formula is C31H29ClN4O2. The highest BCUT2D eigenvalue weighted by molar-refractivity contribution is 6.37. The molecule has 7 heteroatoms. The van der Waals surface area contributed by atoms with Crippen molar-refractivity contribution < 1.29 is 4.79 Å². The molecule has 6 nitrogen and oxygen atoms in total. The van der Waals surface area contributed by atoms with Crippen molar-refractivity contribution in [1.82, 2.24) is 14.0 Å². The lowest BCUT2D eigenvalue weighted by molar-refractivity contribution is -0.113. The number of piperidine rings is 1. The van der Waals surface area contributed by atoms with Crippen molar-refractivity contribution in [3.8, 4) is 0 Å². The van der Waals surface area contributed by atoms with Crippen molar-refractivity contribution in [3.05, 3.63) is 99.1 Å². The third kappa shape index (κ3) is 3.74. The van der Waals surface area contributed by atoms with Crippen LogP contribution in [0.25, 0.3) is 22.6 Å². The summed E-state index contributed by atoms with van der Waals surface area (Å²) in [5.41, 5.74) is 5.89. The van der Waals surface area contributed by atoms with E-state index in [1.165, 1.54) is 5.52 Å². The fourth-order valence-electron chi connectivity index (χ4n) is 6.72. The third-order valence-corrected chi connectivity index (χ3v) is 8.61. The summed E-state index contributed by atoms with van der Waals surface area (Å²) in [6.45, 7) is 5.92. The van der Waals surface area contributed by atoms with Crippen LogP contribution in [0.15, 0.2) is 71.7 Å². The number of aromatic nitrogens is 2. The van der Waals surface area contributed by atoms with E-state index < -0.39 is 0 Å². The molecule has 38 heavy (non-hydrogen) atoms. The Morgan fingerprint density at radius 1 is 1.00 bits per heavy atom. The number of fused-ring (bicyclic) bond motifs is 6. The van der Waals surface area contributed by atoms with Gasteiger partial charge in [-0.05, 0) is 49.6 Å². The number of hydrogen-bond acceptors (Lipinski definition) is 3. The number of hydrogen-bond donors (Lipinski definition) is 0. The number of rotatable bonds is 4. The van der Waals surface area contributed by atoms with Crippen molar-refractivity contribution in [3.63, 3.8) is 0 Å². The molecule has 0 N–H and O–H groups in total. The van der Waals surface area contributed by atoms with Crippen LogP contribution >= 0.6 is 11.6 Å². The predicted molar refractivity (Wildman–Crippen MR) is 152 cm³/mol. The molecule has 2 atom stereocenters. The number of pyridine rings is 1. The molecule has 0 radical (unpaired) electrons. The number of carbonyl (C=O) groups is 1. The Bertz CT molecular complexity index is 1680. The molecule has 5 heterocycles. The molecular weight excluding hydrogens is 496 g/mol. The number of benzene rings is 2. The van der Waals surface area contributed by atoms with E-state index in [0.29, 0.717) is 29.1 Å². The average molecular weight is 525 g/mol. The fraction of sp³-hybridized carbons (Fsp3) is 0.290. The SMILES string of the molecule is CCn1cc(C=C2C(=O)N(CN3CC4CC(C3)c3cccc(=O)n3C4)c3cc(Cl)ccc32)c2ccccc21. The highest BCUT2D eigenvalue weighted by Gasteiger charge is 2.38. The second-order valence-electron chi connectivity index (χ2n) is 10.7. The van der Waals surface area contributed by atoms with Crippen LogP contribution in [0, 0.1) is 5.92 Å². The van der Waals surface area contributed by atoms with Gasteiger partial charge in [0.1, 0.15) is 0 Å². The van der Waals surface area contributed by atoms with E-state index in [-0.39, 0.29) is 11.5 Å². The van der Waals surface area contributed by atoms with E-state index in [1.54, 1.807) is 6.07 Å². The molecule has 2 bridgehead atoms. The summed E-state index contributed by atoms with van der Waals surface area (Å²) in [6.07, 6.45) is 5.26. The minimum atomic E-state index is 0.00273. The Hall–Kier alpha value is -3.61. The van der Waals surface area contributed by atoms with Gasteiger partial charge in [0.05, 0.1) is 12.4 Å². The number of amides is 1. The van der Waals surface area contributed by atoms with Crippen molar-refractivity contribution >= 4 is 45.7 Å². The van der Waals surface area contributed by atoms with Gasteiger partial charge in [-0.15, -0.1) is 0 Å². The molecule has 2 aromatic carbocycles. The molecule has 0 aliphatic carbocycles. The summed E-state index contributed by atoms with van der Waals surface area (Å²) in [5, 5.41) is 1.76. The number of halogens is 1. The fourth-order valence-corrected chi connectivity index (χ4v) is 6.89. The van der Waals surface area contributed by atoms with E-state index in [9.17, 15) is 9.59 Å². The molecule has 0 spiro atoms. The first-order valence-corrected chi connectivity index (χ1v) is 13.7. The number of nitrogens with zero attached hydrogens (tertiary/aromatic N) is 4. The van der Waals surface area contributed by atoms with Crippen LogP contribution in [0.1, 0.15) is 36.1 Å². The number of aryl methyl sites for hydroxylation is 1. The average Bonchev–Trinajstić information content (AvgIpc) is 3.40. The van der Waals surface area contributed by atoms with Gasteiger partial charge in [0.25, 0.3) is 11.5 Å². The summed E-state index contributed by atoms with van der Waals surface area (Å²) in [4.78, 5) is 30.7. The number of para-hydroxylation sites is 1. The molecule has 2 unspecified atom stereocenters. The molecule has 1 amide bonds. The predicted octanol–water partition coefficient (Wildman–Crippen LogP) is 5.44. The third-order valence-electron chi connectivity index (χ3n) is 8.37. The number of likely N-dealkylation sites (tertiary alicyclic amines) is 1. The summed E-state index contributed by atoms with van der Waals surface area (Å²) in [5.74, 6) is 0.694. The summed E-state index contributed by atoms with van der Waals surface area (Å²) in [7, 11) is 0. The quantitative estimate of drug-likeness (QED) is 0.334. The van der Waals surface area contributed by atoms with Crippen molar-refractivity contribution in [2.24, 2.45) is 5.92 Å². The highest BCUT2D eigenvalue weighted by Crippen LogP contribution is 2.41. The minimum Gasteiger partial charge on any atom is -0.347 e. The first kappa shape index (κ1) is 23.5. The monoisotopic (exact) mass is 524 g/mol. The van der Waals surface area contributed by atoms with Gasteiger partial charge < -0.3 is 9.13 Å². The zero-order chi connectivity index (χ0) is 26.0. The minimum absolute atomic E-state index is 0.00273. The summed E-state index contributed by atoms with van der Waals surface area (Å²) >= 11 is 6.43. The van der Waals surface area contributed by atoms with Crippen molar-refractivity contribution in [2.75, 3.05) is 24.7 Å². The molecule has 3 aliphatic heterocycles. The lowest BCUT2D eigenvalue weighted by Gasteiger charge is -2.43. The van der Waals surface area contributed by atoms with Crippen molar-refractivity contribution in [1.29, 1.82) is 0 Å². The molecule has 7 rings (SSSR count). The molecule has 0 saturated carbocycles. The van der Waals surface area contributed by atoms with Crippen LogP contribution < -0.4 is 10.5 Å². The summed E-state index contributed by atoms with van der Waals surface area (Å²) < 4.78 is 4.16.